The first kappa shape index (κ1) is 52.5. The second-order valence-electron chi connectivity index (χ2n) is 18.8. The first-order chi connectivity index (χ1) is 37.9. The van der Waals surface area contributed by atoms with Crippen molar-refractivity contribution in [3.05, 3.63) is 198 Å². The molecule has 0 fully saturated rings. The van der Waals surface area contributed by atoms with Gasteiger partial charge in [0.2, 0.25) is 0 Å². The van der Waals surface area contributed by atoms with Crippen molar-refractivity contribution < 1.29 is 14.4 Å². The molecule has 0 atom stereocenters. The van der Waals surface area contributed by atoms with Gasteiger partial charge in [-0.2, -0.15) is 0 Å². The van der Waals surface area contributed by atoms with E-state index in [0.29, 0.717) is 28.2 Å². The van der Waals surface area contributed by atoms with Gasteiger partial charge in [0.25, 0.3) is 17.7 Å². The number of anilines is 3. The number of carbonyl (C=O) groups is 3. The molecule has 12 rings (SSSR count). The molecule has 12 heterocycles. The Morgan fingerprint density at radius 3 is 1.24 bits per heavy atom. The van der Waals surface area contributed by atoms with E-state index in [-0.39, 0.29) is 35.8 Å². The summed E-state index contributed by atoms with van der Waals surface area (Å²) in [7, 11) is 0. The molecule has 3 amide bonds. The zero-order valence-corrected chi connectivity index (χ0v) is 46.0. The van der Waals surface area contributed by atoms with Crippen LogP contribution in [0.5, 0.6) is 0 Å². The van der Waals surface area contributed by atoms with E-state index < -0.39 is 0 Å². The Labute approximate surface area is 462 Å². The zero-order valence-electron chi connectivity index (χ0n) is 43.5. The number of amides is 3. The van der Waals surface area contributed by atoms with Crippen molar-refractivity contribution >= 4 is 102 Å². The third-order valence-electron chi connectivity index (χ3n) is 12.5. The van der Waals surface area contributed by atoms with Crippen LogP contribution in [-0.4, -0.2) is 61.3 Å². The van der Waals surface area contributed by atoms with Gasteiger partial charge in [0.1, 0.15) is 22.8 Å². The maximum atomic E-state index is 13.0. The van der Waals surface area contributed by atoms with Gasteiger partial charge in [-0.1, -0.05) is 24.3 Å². The average molecular weight is 1090 g/mol. The predicted octanol–water partition coefficient (Wildman–Crippen LogP) is 15.0. The molecule has 0 bridgehead atoms. The maximum Gasteiger partial charge on any atom is 0.257 e. The Morgan fingerprint density at radius 1 is 0.436 bits per heavy atom. The largest absolute Gasteiger partial charge is 0.330 e. The fraction of sp³-hybridized carbons (Fsp3) is 0.150. The minimum atomic E-state index is -0.185. The van der Waals surface area contributed by atoms with Gasteiger partial charge in [0, 0.05) is 83.3 Å². The molecule has 0 radical (unpaired) electrons. The quantitative estimate of drug-likeness (QED) is 0.107. The fourth-order valence-corrected chi connectivity index (χ4v) is 10.8. The van der Waals surface area contributed by atoms with Crippen LogP contribution in [0, 0.1) is 0 Å². The Hall–Kier alpha value is -8.97. The van der Waals surface area contributed by atoms with E-state index in [9.17, 15) is 14.4 Å². The number of hydrogen-bond donors (Lipinski definition) is 3. The number of fused-ring (bicyclic) bond motifs is 3. The first-order valence-corrected chi connectivity index (χ1v) is 27.9. The standard InChI is InChI=1S/3C20H18N4OS/c1-13(2)24-9-7-15-16(20(25)22-14-5-3-8-21-12-14)11-17(23-19(15)24)18-6-4-10-26-18;1-13(2)24-10-7-15-16(20(25)22-14-5-8-21-9-6-14)12-17(23-19(15)24)18-4-3-11-26-18;1-13(2)24-10-8-14-15(20(25)23-18-7-3-4-9-21-18)12-16(22-19(14)24)17-6-5-11-26-17/h3-13H,1-2H3,(H,22,25);3-13H,1-2H3,(H,21,22,25);3-13H,1-2H3,(H,21,23,25). The number of hydrogen-bond acceptors (Lipinski definition) is 12. The molecule has 18 heteroatoms. The smallest absolute Gasteiger partial charge is 0.257 e. The van der Waals surface area contributed by atoms with Crippen LogP contribution in [-0.2, 0) is 0 Å². The Bertz CT molecular complexity index is 3570. The van der Waals surface area contributed by atoms with Gasteiger partial charge in [-0.25, -0.2) is 19.9 Å². The summed E-state index contributed by atoms with van der Waals surface area (Å²) >= 11 is 4.84. The molecule has 0 spiro atoms. The van der Waals surface area contributed by atoms with Gasteiger partial charge in [-0.3, -0.25) is 24.4 Å². The van der Waals surface area contributed by atoms with Crippen LogP contribution in [0.1, 0.15) is 90.7 Å². The molecule has 0 aliphatic heterocycles. The molecule has 0 unspecified atom stereocenters. The van der Waals surface area contributed by atoms with Gasteiger partial charge in [0.15, 0.2) is 0 Å². The topological polar surface area (TPSA) is 179 Å². The van der Waals surface area contributed by atoms with E-state index in [2.05, 4.69) is 86.1 Å². The highest BCUT2D eigenvalue weighted by Gasteiger charge is 2.22. The maximum absolute atomic E-state index is 13.0. The summed E-state index contributed by atoms with van der Waals surface area (Å²) in [5.74, 6) is 0.0338. The van der Waals surface area contributed by atoms with Crippen LogP contribution in [0.2, 0.25) is 0 Å². The number of pyridine rings is 6. The molecule has 12 aromatic rings. The van der Waals surface area contributed by atoms with E-state index in [0.717, 1.165) is 70.5 Å². The number of nitrogens with one attached hydrogen (secondary N) is 3. The van der Waals surface area contributed by atoms with E-state index in [4.69, 9.17) is 15.0 Å². The van der Waals surface area contributed by atoms with Crippen molar-refractivity contribution in [2.45, 2.75) is 59.7 Å². The number of carbonyl (C=O) groups excluding carboxylic acids is 3. The molecular weight excluding hydrogens is 1030 g/mol. The SMILES string of the molecule is CC(C)n1ccc2c(C(=O)Nc3ccccn3)cc(-c3cccs3)nc21.CC(C)n1ccc2c(C(=O)Nc3cccnc3)cc(-c3cccs3)nc21.CC(C)n1ccc2c(C(=O)Nc3ccncc3)cc(-c3cccs3)nc21. The lowest BCUT2D eigenvalue weighted by molar-refractivity contribution is 0.102. The molecular formula is C60H54N12O3S3. The molecule has 0 aliphatic carbocycles. The highest BCUT2D eigenvalue weighted by Crippen LogP contribution is 2.34. The molecule has 15 nitrogen and oxygen atoms in total. The van der Waals surface area contributed by atoms with E-state index in [1.54, 1.807) is 89.3 Å². The van der Waals surface area contributed by atoms with Gasteiger partial charge in [-0.15, -0.1) is 34.0 Å². The number of thiophene rings is 3. The number of aromatic nitrogens is 9. The van der Waals surface area contributed by atoms with Gasteiger partial charge in [0.05, 0.1) is 60.3 Å². The average Bonchev–Trinajstić information content (AvgIpc) is 4.41. The van der Waals surface area contributed by atoms with Crippen molar-refractivity contribution in [3.63, 3.8) is 0 Å². The summed E-state index contributed by atoms with van der Waals surface area (Å²) in [6.45, 7) is 12.6. The monoisotopic (exact) mass is 1090 g/mol. The van der Waals surface area contributed by atoms with E-state index in [1.165, 1.54) is 0 Å². The van der Waals surface area contributed by atoms with Crippen LogP contribution in [0.25, 0.3) is 64.8 Å². The molecule has 390 valence electrons. The third-order valence-corrected chi connectivity index (χ3v) is 15.2. The normalized spacial score (nSPS) is 11.2. The third kappa shape index (κ3) is 11.6. The van der Waals surface area contributed by atoms with Crippen LogP contribution in [0.4, 0.5) is 17.2 Å². The number of rotatable bonds is 12. The molecule has 0 aromatic carbocycles. The Morgan fingerprint density at radius 2 is 0.872 bits per heavy atom. The first-order valence-electron chi connectivity index (χ1n) is 25.2. The molecule has 78 heavy (non-hydrogen) atoms. The zero-order chi connectivity index (χ0) is 54.3. The lowest BCUT2D eigenvalue weighted by Crippen LogP contribution is -2.14. The molecule has 0 saturated heterocycles. The highest BCUT2D eigenvalue weighted by molar-refractivity contribution is 7.14. The Kier molecular flexibility index (Phi) is 15.8. The number of nitrogens with zero attached hydrogens (tertiary/aromatic N) is 9. The van der Waals surface area contributed by atoms with Gasteiger partial charge >= 0.3 is 0 Å². The summed E-state index contributed by atoms with van der Waals surface area (Å²) in [6.07, 6.45) is 14.2. The van der Waals surface area contributed by atoms with Crippen LogP contribution in [0.15, 0.2) is 181 Å². The fourth-order valence-electron chi connectivity index (χ4n) is 8.74. The second-order valence-corrected chi connectivity index (χ2v) is 21.7. The molecule has 12 aromatic heterocycles. The molecule has 3 N–H and O–H groups in total. The summed E-state index contributed by atoms with van der Waals surface area (Å²) in [5, 5.41) is 17.3. The van der Waals surface area contributed by atoms with Crippen molar-refractivity contribution in [1.82, 2.24) is 43.6 Å². The molecule has 0 aliphatic rings. The summed E-state index contributed by atoms with van der Waals surface area (Å²) in [4.78, 5) is 68.7. The van der Waals surface area contributed by atoms with Gasteiger partial charge < -0.3 is 29.7 Å². The highest BCUT2D eigenvalue weighted by atomic mass is 32.1. The summed E-state index contributed by atoms with van der Waals surface area (Å²) in [6, 6.07) is 36.9. The minimum absolute atomic E-state index is 0.150. The lowest BCUT2D eigenvalue weighted by Gasteiger charge is -2.12. The van der Waals surface area contributed by atoms with Crippen LogP contribution in [0.3, 0.4) is 0 Å². The van der Waals surface area contributed by atoms with Crippen LogP contribution < -0.4 is 16.0 Å². The minimum Gasteiger partial charge on any atom is -0.330 e. The lowest BCUT2D eigenvalue weighted by atomic mass is 10.1. The molecule has 0 saturated carbocycles. The predicted molar refractivity (Wildman–Crippen MR) is 317 cm³/mol. The van der Waals surface area contributed by atoms with Crippen LogP contribution >= 0.6 is 34.0 Å². The summed E-state index contributed by atoms with van der Waals surface area (Å²) < 4.78 is 6.27. The van der Waals surface area contributed by atoms with Gasteiger partial charge in [-0.05, 0) is 149 Å². The van der Waals surface area contributed by atoms with Crippen molar-refractivity contribution in [2.24, 2.45) is 0 Å². The Balaban J connectivity index is 0.000000132. The van der Waals surface area contributed by atoms with E-state index in [1.807, 2.05) is 126 Å². The van der Waals surface area contributed by atoms with E-state index >= 15 is 0 Å². The van der Waals surface area contributed by atoms with Crippen molar-refractivity contribution in [1.29, 1.82) is 0 Å². The second kappa shape index (κ2) is 23.5. The van der Waals surface area contributed by atoms with Crippen molar-refractivity contribution in [3.8, 4) is 31.7 Å². The summed E-state index contributed by atoms with van der Waals surface area (Å²) in [5.41, 5.74) is 8.11. The van der Waals surface area contributed by atoms with Crippen molar-refractivity contribution in [2.75, 3.05) is 16.0 Å².